The third kappa shape index (κ3) is 4.50. The summed E-state index contributed by atoms with van der Waals surface area (Å²) >= 11 is 3.56. The Morgan fingerprint density at radius 1 is 1.11 bits per heavy atom. The molecule has 0 atom stereocenters. The summed E-state index contributed by atoms with van der Waals surface area (Å²) in [5.41, 5.74) is 1.44. The maximum atomic E-state index is 5.31. The predicted octanol–water partition coefficient (Wildman–Crippen LogP) is 3.60. The van der Waals surface area contributed by atoms with Crippen LogP contribution in [0.2, 0.25) is 0 Å². The lowest BCUT2D eigenvalue weighted by Gasteiger charge is -2.19. The summed E-state index contributed by atoms with van der Waals surface area (Å²) in [6.07, 6.45) is 0. The third-order valence-electron chi connectivity index (χ3n) is 2.52. The number of hydrogen-bond donors (Lipinski definition) is 1. The van der Waals surface area contributed by atoms with Crippen molar-refractivity contribution < 1.29 is 9.47 Å². The number of halogens is 1. The Labute approximate surface area is 118 Å². The van der Waals surface area contributed by atoms with Crippen LogP contribution in [-0.4, -0.2) is 20.8 Å². The van der Waals surface area contributed by atoms with Gasteiger partial charge < -0.3 is 14.8 Å². The van der Waals surface area contributed by atoms with Crippen LogP contribution in [-0.2, 0) is 6.54 Å². The Morgan fingerprint density at radius 2 is 1.67 bits per heavy atom. The van der Waals surface area contributed by atoms with Crippen LogP contribution in [0.1, 0.15) is 26.3 Å². The third-order valence-corrected chi connectivity index (χ3v) is 3.26. The molecule has 0 aliphatic carbocycles. The van der Waals surface area contributed by atoms with Crippen LogP contribution in [0, 0.1) is 5.41 Å². The fourth-order valence-corrected chi connectivity index (χ4v) is 2.07. The topological polar surface area (TPSA) is 30.5 Å². The zero-order chi connectivity index (χ0) is 13.8. The standard InChI is InChI=1S/C14H22BrNO2/c1-14(2,3)9-16-8-10-6-12(17-4)13(18-5)7-11(10)15/h6-7,16H,8-9H2,1-5H3. The molecular formula is C14H22BrNO2. The van der Waals surface area contributed by atoms with Crippen molar-refractivity contribution in [3.05, 3.63) is 22.2 Å². The molecule has 0 saturated heterocycles. The molecule has 3 nitrogen and oxygen atoms in total. The molecule has 0 heterocycles. The number of rotatable bonds is 5. The monoisotopic (exact) mass is 315 g/mol. The summed E-state index contributed by atoms with van der Waals surface area (Å²) < 4.78 is 11.6. The zero-order valence-corrected chi connectivity index (χ0v) is 13.3. The molecule has 1 aromatic carbocycles. The Balaban J connectivity index is 2.77. The Hall–Kier alpha value is -0.740. The van der Waals surface area contributed by atoms with Gasteiger partial charge in [0.1, 0.15) is 0 Å². The fraction of sp³-hybridized carbons (Fsp3) is 0.571. The largest absolute Gasteiger partial charge is 0.493 e. The van der Waals surface area contributed by atoms with Crippen molar-refractivity contribution in [1.82, 2.24) is 5.32 Å². The lowest BCUT2D eigenvalue weighted by atomic mass is 9.97. The van der Waals surface area contributed by atoms with E-state index in [0.717, 1.165) is 34.6 Å². The van der Waals surface area contributed by atoms with Crippen molar-refractivity contribution in [1.29, 1.82) is 0 Å². The van der Waals surface area contributed by atoms with E-state index >= 15 is 0 Å². The van der Waals surface area contributed by atoms with Crippen molar-refractivity contribution in [2.45, 2.75) is 27.3 Å². The van der Waals surface area contributed by atoms with E-state index in [-0.39, 0.29) is 5.41 Å². The van der Waals surface area contributed by atoms with Crippen LogP contribution in [0.3, 0.4) is 0 Å². The second kappa shape index (κ2) is 6.43. The molecule has 0 bridgehead atoms. The molecule has 0 radical (unpaired) electrons. The van der Waals surface area contributed by atoms with Gasteiger partial charge in [0.15, 0.2) is 11.5 Å². The molecule has 102 valence electrons. The minimum absolute atomic E-state index is 0.281. The molecule has 1 N–H and O–H groups in total. The maximum absolute atomic E-state index is 5.31. The van der Waals surface area contributed by atoms with E-state index in [4.69, 9.17) is 9.47 Å². The lowest BCUT2D eigenvalue weighted by Crippen LogP contribution is -2.26. The van der Waals surface area contributed by atoms with Crippen LogP contribution in [0.15, 0.2) is 16.6 Å². The van der Waals surface area contributed by atoms with Crippen molar-refractivity contribution in [2.24, 2.45) is 5.41 Å². The Morgan fingerprint density at radius 3 is 2.17 bits per heavy atom. The first-order chi connectivity index (χ1) is 8.37. The zero-order valence-electron chi connectivity index (χ0n) is 11.8. The summed E-state index contributed by atoms with van der Waals surface area (Å²) in [4.78, 5) is 0. The fourth-order valence-electron chi connectivity index (χ4n) is 1.60. The van der Waals surface area contributed by atoms with Crippen molar-refractivity contribution in [2.75, 3.05) is 20.8 Å². The predicted molar refractivity (Wildman–Crippen MR) is 78.4 cm³/mol. The normalized spacial score (nSPS) is 11.4. The van der Waals surface area contributed by atoms with Gasteiger partial charge in [-0.3, -0.25) is 0 Å². The van der Waals surface area contributed by atoms with E-state index in [0.29, 0.717) is 0 Å². The molecule has 0 saturated carbocycles. The first-order valence-corrected chi connectivity index (χ1v) is 6.78. The van der Waals surface area contributed by atoms with Crippen LogP contribution in [0.5, 0.6) is 11.5 Å². The van der Waals surface area contributed by atoms with Gasteiger partial charge in [0.2, 0.25) is 0 Å². The van der Waals surface area contributed by atoms with Gasteiger partial charge in [0.05, 0.1) is 14.2 Å². The van der Waals surface area contributed by atoms with E-state index in [2.05, 4.69) is 42.0 Å². The summed E-state index contributed by atoms with van der Waals surface area (Å²) in [5.74, 6) is 1.50. The van der Waals surface area contributed by atoms with Gasteiger partial charge in [-0.1, -0.05) is 36.7 Å². The molecule has 0 fully saturated rings. The molecule has 0 aromatic heterocycles. The first kappa shape index (κ1) is 15.3. The van der Waals surface area contributed by atoms with Gasteiger partial charge in [-0.05, 0) is 23.1 Å². The van der Waals surface area contributed by atoms with E-state index in [1.165, 1.54) is 0 Å². The number of nitrogens with one attached hydrogen (secondary N) is 1. The second-order valence-electron chi connectivity index (χ2n) is 5.46. The minimum Gasteiger partial charge on any atom is -0.493 e. The van der Waals surface area contributed by atoms with Gasteiger partial charge in [-0.25, -0.2) is 0 Å². The second-order valence-corrected chi connectivity index (χ2v) is 6.32. The van der Waals surface area contributed by atoms with Crippen molar-refractivity contribution in [3.8, 4) is 11.5 Å². The molecule has 0 amide bonds. The average Bonchev–Trinajstić information content (AvgIpc) is 2.29. The van der Waals surface area contributed by atoms with E-state index in [1.807, 2.05) is 12.1 Å². The summed E-state index contributed by atoms with van der Waals surface area (Å²) in [7, 11) is 3.29. The molecule has 0 aliphatic rings. The van der Waals surface area contributed by atoms with Gasteiger partial charge in [0.25, 0.3) is 0 Å². The van der Waals surface area contributed by atoms with E-state index < -0.39 is 0 Å². The van der Waals surface area contributed by atoms with Gasteiger partial charge in [-0.15, -0.1) is 0 Å². The minimum atomic E-state index is 0.281. The van der Waals surface area contributed by atoms with Gasteiger partial charge in [0, 0.05) is 17.6 Å². The SMILES string of the molecule is COc1cc(Br)c(CNCC(C)(C)C)cc1OC. The Kier molecular flexibility index (Phi) is 5.47. The highest BCUT2D eigenvalue weighted by Gasteiger charge is 2.12. The quantitative estimate of drug-likeness (QED) is 0.900. The smallest absolute Gasteiger partial charge is 0.161 e. The molecule has 0 unspecified atom stereocenters. The molecule has 1 aromatic rings. The highest BCUT2D eigenvalue weighted by atomic mass is 79.9. The van der Waals surface area contributed by atoms with E-state index in [1.54, 1.807) is 14.2 Å². The number of ether oxygens (including phenoxy) is 2. The summed E-state index contributed by atoms with van der Waals surface area (Å²) in [6, 6.07) is 3.94. The molecule has 4 heteroatoms. The lowest BCUT2D eigenvalue weighted by molar-refractivity contribution is 0.353. The molecule has 0 spiro atoms. The van der Waals surface area contributed by atoms with Crippen LogP contribution in [0.25, 0.3) is 0 Å². The molecule has 18 heavy (non-hydrogen) atoms. The summed E-state index contributed by atoms with van der Waals surface area (Å²) in [6.45, 7) is 8.41. The average molecular weight is 316 g/mol. The summed E-state index contributed by atoms with van der Waals surface area (Å²) in [5, 5.41) is 3.44. The highest BCUT2D eigenvalue weighted by Crippen LogP contribution is 2.33. The maximum Gasteiger partial charge on any atom is 0.161 e. The van der Waals surface area contributed by atoms with Crippen LogP contribution < -0.4 is 14.8 Å². The molecular weight excluding hydrogens is 294 g/mol. The van der Waals surface area contributed by atoms with Crippen LogP contribution in [0.4, 0.5) is 0 Å². The van der Waals surface area contributed by atoms with E-state index in [9.17, 15) is 0 Å². The molecule has 1 rings (SSSR count). The first-order valence-electron chi connectivity index (χ1n) is 5.98. The van der Waals surface area contributed by atoms with Crippen molar-refractivity contribution in [3.63, 3.8) is 0 Å². The number of hydrogen-bond acceptors (Lipinski definition) is 3. The molecule has 0 aliphatic heterocycles. The highest BCUT2D eigenvalue weighted by molar-refractivity contribution is 9.10. The van der Waals surface area contributed by atoms with Gasteiger partial charge in [-0.2, -0.15) is 0 Å². The van der Waals surface area contributed by atoms with Crippen molar-refractivity contribution >= 4 is 15.9 Å². The van der Waals surface area contributed by atoms with Crippen LogP contribution >= 0.6 is 15.9 Å². The number of benzene rings is 1. The Bertz CT molecular complexity index is 400. The van der Waals surface area contributed by atoms with Gasteiger partial charge >= 0.3 is 0 Å². The number of methoxy groups -OCH3 is 2.